The van der Waals surface area contributed by atoms with Crippen molar-refractivity contribution in [1.82, 2.24) is 0 Å². The highest BCUT2D eigenvalue weighted by molar-refractivity contribution is 5.87. The number of hydrogen-bond donors (Lipinski definition) is 0. The number of unbranched alkanes of at least 4 members (excludes halogenated alkanes) is 4. The second-order valence-corrected chi connectivity index (χ2v) is 7.76. The van der Waals surface area contributed by atoms with E-state index in [-0.39, 0.29) is 0 Å². The molecule has 140 valence electrons. The minimum atomic E-state index is 0.832. The van der Waals surface area contributed by atoms with Crippen LogP contribution < -0.4 is 4.74 Å². The minimum Gasteiger partial charge on any atom is -0.494 e. The van der Waals surface area contributed by atoms with Gasteiger partial charge in [-0.15, -0.1) is 0 Å². The molecule has 0 bridgehead atoms. The molecule has 26 heavy (non-hydrogen) atoms. The smallest absolute Gasteiger partial charge is 0.119 e. The molecule has 0 N–H and O–H groups in total. The highest BCUT2D eigenvalue weighted by Gasteiger charge is 2.14. The van der Waals surface area contributed by atoms with Gasteiger partial charge in [0, 0.05) is 0 Å². The van der Waals surface area contributed by atoms with E-state index in [1.807, 2.05) is 0 Å². The molecule has 1 heteroatoms. The number of allylic oxidation sites excluding steroid dienone is 2. The summed E-state index contributed by atoms with van der Waals surface area (Å²) in [6.45, 7) is 5.40. The van der Waals surface area contributed by atoms with Crippen LogP contribution in [0.1, 0.15) is 77.2 Å². The summed E-state index contributed by atoms with van der Waals surface area (Å²) in [5.74, 6) is 1.89. The lowest BCUT2D eigenvalue weighted by Crippen LogP contribution is -2.03. The molecule has 1 atom stereocenters. The topological polar surface area (TPSA) is 9.23 Å². The second kappa shape index (κ2) is 9.80. The van der Waals surface area contributed by atoms with Gasteiger partial charge in [-0.1, -0.05) is 70.2 Å². The normalized spacial score (nSPS) is 17.3. The Morgan fingerprint density at radius 3 is 2.50 bits per heavy atom. The quantitative estimate of drug-likeness (QED) is 0.419. The molecule has 1 aliphatic rings. The van der Waals surface area contributed by atoms with Crippen molar-refractivity contribution >= 4 is 16.3 Å². The molecule has 0 fully saturated rings. The molecule has 0 aromatic heterocycles. The van der Waals surface area contributed by atoms with Gasteiger partial charge in [-0.3, -0.25) is 0 Å². The molecule has 0 aliphatic heterocycles. The maximum atomic E-state index is 5.95. The average Bonchev–Trinajstić information content (AvgIpc) is 2.70. The van der Waals surface area contributed by atoms with Gasteiger partial charge in [0.2, 0.25) is 0 Å². The third-order valence-electron chi connectivity index (χ3n) is 5.80. The summed E-state index contributed by atoms with van der Waals surface area (Å²) in [6.07, 6.45) is 14.0. The molecule has 2 aromatic carbocycles. The first-order valence-electron chi connectivity index (χ1n) is 10.7. The Hall–Kier alpha value is -1.76. The van der Waals surface area contributed by atoms with Gasteiger partial charge in [-0.2, -0.15) is 0 Å². The molecule has 3 rings (SSSR count). The predicted molar refractivity (Wildman–Crippen MR) is 114 cm³/mol. The van der Waals surface area contributed by atoms with Crippen molar-refractivity contribution in [2.45, 2.75) is 71.6 Å². The Balaban J connectivity index is 1.60. The van der Waals surface area contributed by atoms with E-state index in [4.69, 9.17) is 4.74 Å². The summed E-state index contributed by atoms with van der Waals surface area (Å²) in [5, 5.41) is 2.59. The number of hydrogen-bond acceptors (Lipinski definition) is 1. The van der Waals surface area contributed by atoms with E-state index >= 15 is 0 Å². The average molecular weight is 351 g/mol. The minimum absolute atomic E-state index is 0.832. The lowest BCUT2D eigenvalue weighted by atomic mass is 9.85. The maximum absolute atomic E-state index is 5.95. The maximum Gasteiger partial charge on any atom is 0.119 e. The van der Waals surface area contributed by atoms with Crippen molar-refractivity contribution in [3.8, 4) is 5.75 Å². The monoisotopic (exact) mass is 350 g/mol. The molecule has 0 saturated carbocycles. The summed E-state index contributed by atoms with van der Waals surface area (Å²) in [6, 6.07) is 13.4. The van der Waals surface area contributed by atoms with Crippen LogP contribution in [0.25, 0.3) is 16.3 Å². The molecule has 0 heterocycles. The molecular formula is C25H34O. The Labute approximate surface area is 159 Å². The SMILES string of the molecule is CCCCCCCOc1ccc2cc(C3=CCC(CC)CC3)ccc2c1. The van der Waals surface area contributed by atoms with Crippen LogP contribution in [0, 0.1) is 5.92 Å². The van der Waals surface area contributed by atoms with Crippen molar-refractivity contribution in [3.63, 3.8) is 0 Å². The molecule has 1 unspecified atom stereocenters. The third kappa shape index (κ3) is 5.13. The summed E-state index contributed by atoms with van der Waals surface area (Å²) in [7, 11) is 0. The van der Waals surface area contributed by atoms with E-state index in [2.05, 4.69) is 56.3 Å². The van der Waals surface area contributed by atoms with Crippen molar-refractivity contribution in [2.24, 2.45) is 5.92 Å². The van der Waals surface area contributed by atoms with Crippen LogP contribution in [0.2, 0.25) is 0 Å². The largest absolute Gasteiger partial charge is 0.494 e. The first-order valence-corrected chi connectivity index (χ1v) is 10.7. The van der Waals surface area contributed by atoms with Crippen molar-refractivity contribution in [2.75, 3.05) is 6.61 Å². The number of fused-ring (bicyclic) bond motifs is 1. The van der Waals surface area contributed by atoms with Gasteiger partial charge in [-0.05, 0) is 71.7 Å². The number of rotatable bonds is 9. The molecular weight excluding hydrogens is 316 g/mol. The van der Waals surface area contributed by atoms with Gasteiger partial charge in [0.25, 0.3) is 0 Å². The van der Waals surface area contributed by atoms with Gasteiger partial charge in [0.05, 0.1) is 6.61 Å². The first-order chi connectivity index (χ1) is 12.8. The van der Waals surface area contributed by atoms with E-state index in [1.165, 1.54) is 73.3 Å². The van der Waals surface area contributed by atoms with E-state index in [0.29, 0.717) is 0 Å². The van der Waals surface area contributed by atoms with Crippen molar-refractivity contribution < 1.29 is 4.74 Å². The summed E-state index contributed by atoms with van der Waals surface area (Å²) in [4.78, 5) is 0. The Morgan fingerprint density at radius 2 is 1.73 bits per heavy atom. The standard InChI is InChI=1S/C25H34O/c1-3-5-6-7-8-17-26-25-16-15-23-18-22(13-14-24(23)19-25)21-11-9-20(4-2)10-12-21/h11,13-16,18-20H,3-10,12,17H2,1-2H3. The van der Waals surface area contributed by atoms with Crippen LogP contribution in [0.4, 0.5) is 0 Å². The predicted octanol–water partition coefficient (Wildman–Crippen LogP) is 7.78. The molecule has 0 spiro atoms. The zero-order valence-corrected chi connectivity index (χ0v) is 16.6. The van der Waals surface area contributed by atoms with Gasteiger partial charge in [-0.25, -0.2) is 0 Å². The van der Waals surface area contributed by atoms with Gasteiger partial charge >= 0.3 is 0 Å². The second-order valence-electron chi connectivity index (χ2n) is 7.76. The highest BCUT2D eigenvalue weighted by Crippen LogP contribution is 2.33. The van der Waals surface area contributed by atoms with Crippen LogP contribution in [0.3, 0.4) is 0 Å². The fourth-order valence-corrected chi connectivity index (χ4v) is 3.93. The van der Waals surface area contributed by atoms with Gasteiger partial charge in [0.1, 0.15) is 5.75 Å². The van der Waals surface area contributed by atoms with E-state index < -0.39 is 0 Å². The molecule has 2 aromatic rings. The Bertz CT molecular complexity index is 728. The van der Waals surface area contributed by atoms with Crippen molar-refractivity contribution in [3.05, 3.63) is 48.0 Å². The molecule has 0 amide bonds. The molecule has 0 radical (unpaired) electrons. The summed E-state index contributed by atoms with van der Waals surface area (Å²) < 4.78 is 5.95. The molecule has 1 aliphatic carbocycles. The lowest BCUT2D eigenvalue weighted by Gasteiger charge is -2.21. The lowest BCUT2D eigenvalue weighted by molar-refractivity contribution is 0.305. The Kier molecular flexibility index (Phi) is 7.17. The fraction of sp³-hybridized carbons (Fsp3) is 0.520. The van der Waals surface area contributed by atoms with Crippen LogP contribution >= 0.6 is 0 Å². The number of ether oxygens (including phenoxy) is 1. The first kappa shape index (κ1) is 19.0. The zero-order valence-electron chi connectivity index (χ0n) is 16.6. The number of benzene rings is 2. The molecule has 1 nitrogen and oxygen atoms in total. The fourth-order valence-electron chi connectivity index (χ4n) is 3.93. The highest BCUT2D eigenvalue weighted by atomic mass is 16.5. The zero-order chi connectivity index (χ0) is 18.2. The summed E-state index contributed by atoms with van der Waals surface area (Å²) in [5.41, 5.74) is 2.93. The van der Waals surface area contributed by atoms with Gasteiger partial charge in [0.15, 0.2) is 0 Å². The van der Waals surface area contributed by atoms with Crippen LogP contribution in [-0.2, 0) is 0 Å². The van der Waals surface area contributed by atoms with Crippen LogP contribution in [0.5, 0.6) is 5.75 Å². The van der Waals surface area contributed by atoms with E-state index in [9.17, 15) is 0 Å². The van der Waals surface area contributed by atoms with Crippen molar-refractivity contribution in [1.29, 1.82) is 0 Å². The summed E-state index contributed by atoms with van der Waals surface area (Å²) >= 11 is 0. The Morgan fingerprint density at radius 1 is 0.923 bits per heavy atom. The van der Waals surface area contributed by atoms with Crippen LogP contribution in [-0.4, -0.2) is 6.61 Å². The van der Waals surface area contributed by atoms with Gasteiger partial charge < -0.3 is 4.74 Å². The van der Waals surface area contributed by atoms with Crippen LogP contribution in [0.15, 0.2) is 42.5 Å². The van der Waals surface area contributed by atoms with E-state index in [1.54, 1.807) is 0 Å². The third-order valence-corrected chi connectivity index (χ3v) is 5.80. The molecule has 0 saturated heterocycles. The van der Waals surface area contributed by atoms with E-state index in [0.717, 1.165) is 24.7 Å².